The van der Waals surface area contributed by atoms with E-state index in [0.717, 1.165) is 30.3 Å². The minimum absolute atomic E-state index is 0.160. The normalized spacial score (nSPS) is 12.8. The molecule has 0 amide bonds. The van der Waals surface area contributed by atoms with E-state index in [1.165, 1.54) is 12.1 Å². The summed E-state index contributed by atoms with van der Waals surface area (Å²) in [7, 11) is 0. The van der Waals surface area contributed by atoms with Gasteiger partial charge in [-0.05, 0) is 24.3 Å². The molecule has 2 aromatic carbocycles. The Hall–Kier alpha value is -3.66. The van der Waals surface area contributed by atoms with E-state index >= 15 is 0 Å². The molecule has 37 heavy (non-hydrogen) atoms. The molecule has 0 saturated heterocycles. The van der Waals surface area contributed by atoms with Gasteiger partial charge in [-0.25, -0.2) is 9.97 Å². The van der Waals surface area contributed by atoms with Crippen molar-refractivity contribution in [1.29, 1.82) is 5.26 Å². The smallest absolute Gasteiger partial charge is 0.416 e. The maximum absolute atomic E-state index is 13.3. The van der Waals surface area contributed by atoms with Gasteiger partial charge in [0, 0.05) is 18.6 Å². The summed E-state index contributed by atoms with van der Waals surface area (Å²) in [5.74, 6) is -2.22. The highest BCUT2D eigenvalue weighted by Crippen LogP contribution is 2.36. The van der Waals surface area contributed by atoms with Crippen LogP contribution in [0.1, 0.15) is 17.8 Å². The minimum Gasteiger partial charge on any atom is -0.492 e. The summed E-state index contributed by atoms with van der Waals surface area (Å²) in [6, 6.07) is 10.1. The van der Waals surface area contributed by atoms with Crippen LogP contribution in [-0.2, 0) is 16.6 Å². The van der Waals surface area contributed by atoms with E-state index in [1.807, 2.05) is 0 Å². The SMILES string of the molecule is N#CC(Oc1ccccc1[N+](=O)[O-])(C(=O)CCOc1ccc(C(F)(F)F)cc1Cl)c1nc(Cl)cc(Cl)n1. The molecule has 3 rings (SSSR count). The van der Waals surface area contributed by atoms with Crippen LogP contribution in [0.5, 0.6) is 11.5 Å². The zero-order valence-electron chi connectivity index (χ0n) is 18.1. The molecule has 3 aromatic rings. The van der Waals surface area contributed by atoms with Gasteiger partial charge in [-0.1, -0.05) is 46.9 Å². The summed E-state index contributed by atoms with van der Waals surface area (Å²) in [4.78, 5) is 31.7. The number of halogens is 6. The number of hydrogen-bond acceptors (Lipinski definition) is 8. The lowest BCUT2D eigenvalue weighted by Crippen LogP contribution is -2.43. The molecule has 0 aliphatic heterocycles. The highest BCUT2D eigenvalue weighted by atomic mass is 35.5. The third kappa shape index (κ3) is 6.37. The lowest BCUT2D eigenvalue weighted by Gasteiger charge is -2.25. The van der Waals surface area contributed by atoms with E-state index < -0.39 is 58.3 Å². The second-order valence-corrected chi connectivity index (χ2v) is 8.30. The molecule has 0 saturated carbocycles. The molecule has 0 radical (unpaired) electrons. The number of ketones is 1. The summed E-state index contributed by atoms with van der Waals surface area (Å²) >= 11 is 17.7. The van der Waals surface area contributed by atoms with Crippen molar-refractivity contribution in [3.63, 3.8) is 0 Å². The van der Waals surface area contributed by atoms with Crippen LogP contribution < -0.4 is 9.47 Å². The highest BCUT2D eigenvalue weighted by molar-refractivity contribution is 6.33. The van der Waals surface area contributed by atoms with Gasteiger partial charge in [0.15, 0.2) is 11.6 Å². The predicted molar refractivity (Wildman–Crippen MR) is 125 cm³/mol. The molecule has 9 nitrogen and oxygen atoms in total. The molecule has 1 unspecified atom stereocenters. The van der Waals surface area contributed by atoms with Gasteiger partial charge in [0.2, 0.25) is 5.78 Å². The largest absolute Gasteiger partial charge is 0.492 e. The Labute approximate surface area is 221 Å². The van der Waals surface area contributed by atoms with E-state index in [4.69, 9.17) is 44.3 Å². The monoisotopic (exact) mass is 574 g/mol. The van der Waals surface area contributed by atoms with Gasteiger partial charge < -0.3 is 9.47 Å². The molecule has 1 atom stereocenters. The van der Waals surface area contributed by atoms with E-state index in [1.54, 1.807) is 6.07 Å². The number of carbonyl (C=O) groups is 1. The Kier molecular flexibility index (Phi) is 8.42. The standard InChI is InChI=1S/C22H12Cl3F3N4O5/c23-13-9-12(22(26,27)28)5-6-15(13)36-8-7-17(33)21(11-29,20-30-18(24)10-19(25)31-20)37-16-4-2-1-3-14(16)32(34)35/h1-6,9-10H,7-8H2. The van der Waals surface area contributed by atoms with Crippen molar-refractivity contribution < 1.29 is 32.4 Å². The number of aromatic nitrogens is 2. The van der Waals surface area contributed by atoms with Crippen molar-refractivity contribution >= 4 is 46.3 Å². The maximum atomic E-state index is 13.3. The molecule has 1 aromatic heterocycles. The van der Waals surface area contributed by atoms with Crippen LogP contribution in [0.2, 0.25) is 15.3 Å². The number of hydrogen-bond donors (Lipinski definition) is 0. The third-order valence-corrected chi connectivity index (χ3v) is 5.38. The summed E-state index contributed by atoms with van der Waals surface area (Å²) in [6.07, 6.45) is -5.21. The fourth-order valence-corrected chi connectivity index (χ4v) is 3.65. The predicted octanol–water partition coefficient (Wildman–Crippen LogP) is 6.20. The number of rotatable bonds is 9. The second kappa shape index (κ2) is 11.2. The number of ether oxygens (including phenoxy) is 2. The molecule has 0 fully saturated rings. The number of para-hydroxylation sites is 2. The molecule has 0 aliphatic rings. The molecular formula is C22H12Cl3F3N4O5. The number of nitriles is 1. The van der Waals surface area contributed by atoms with Crippen molar-refractivity contribution in [2.24, 2.45) is 0 Å². The molecule has 0 spiro atoms. The zero-order chi connectivity index (χ0) is 27.4. The van der Waals surface area contributed by atoms with Crippen LogP contribution in [0, 0.1) is 21.4 Å². The Balaban J connectivity index is 1.93. The van der Waals surface area contributed by atoms with Gasteiger partial charge in [0.05, 0.1) is 22.1 Å². The summed E-state index contributed by atoms with van der Waals surface area (Å²) in [6.45, 7) is -0.470. The van der Waals surface area contributed by atoms with Crippen molar-refractivity contribution in [3.05, 3.63) is 85.4 Å². The van der Waals surface area contributed by atoms with Crippen LogP contribution >= 0.6 is 34.8 Å². The fourth-order valence-electron chi connectivity index (χ4n) is 2.99. The molecular weight excluding hydrogens is 564 g/mol. The lowest BCUT2D eigenvalue weighted by molar-refractivity contribution is -0.386. The van der Waals surface area contributed by atoms with Gasteiger partial charge in [-0.2, -0.15) is 18.4 Å². The summed E-state index contributed by atoms with van der Waals surface area (Å²) in [5, 5.41) is 20.6. The Morgan fingerprint density at radius 2 is 1.70 bits per heavy atom. The van der Waals surface area contributed by atoms with Crippen LogP contribution in [0.4, 0.5) is 18.9 Å². The number of nitro groups is 1. The summed E-state index contributed by atoms with van der Waals surface area (Å²) < 4.78 is 49.4. The quantitative estimate of drug-likeness (QED) is 0.168. The Morgan fingerprint density at radius 1 is 1.05 bits per heavy atom. The number of Topliss-reactive ketones (excluding diaryl/α,β-unsaturated/α-hetero) is 1. The van der Waals surface area contributed by atoms with E-state index in [9.17, 15) is 33.3 Å². The molecule has 0 bridgehead atoms. The minimum atomic E-state index is -4.62. The van der Waals surface area contributed by atoms with Gasteiger partial charge in [-0.15, -0.1) is 0 Å². The average molecular weight is 576 g/mol. The molecule has 0 aliphatic carbocycles. The number of nitro benzene ring substituents is 1. The van der Waals surface area contributed by atoms with E-state index in [0.29, 0.717) is 6.07 Å². The first-order valence-corrected chi connectivity index (χ1v) is 11.1. The first-order valence-electron chi connectivity index (χ1n) is 9.94. The van der Waals surface area contributed by atoms with Crippen molar-refractivity contribution in [2.45, 2.75) is 18.2 Å². The highest BCUT2D eigenvalue weighted by Gasteiger charge is 2.47. The molecule has 15 heteroatoms. The van der Waals surface area contributed by atoms with Crippen LogP contribution in [0.25, 0.3) is 0 Å². The van der Waals surface area contributed by atoms with Gasteiger partial charge in [0.25, 0.3) is 0 Å². The Morgan fingerprint density at radius 3 is 2.27 bits per heavy atom. The topological polar surface area (TPSA) is 128 Å². The Bertz CT molecular complexity index is 1380. The van der Waals surface area contributed by atoms with Crippen molar-refractivity contribution in [1.82, 2.24) is 9.97 Å². The lowest BCUT2D eigenvalue weighted by atomic mass is 9.96. The number of alkyl halides is 3. The van der Waals surface area contributed by atoms with Crippen molar-refractivity contribution in [3.8, 4) is 17.6 Å². The molecule has 0 N–H and O–H groups in total. The number of benzene rings is 2. The zero-order valence-corrected chi connectivity index (χ0v) is 20.4. The first kappa shape index (κ1) is 27.9. The third-order valence-electron chi connectivity index (χ3n) is 4.70. The van der Waals surface area contributed by atoms with E-state index in [-0.39, 0.29) is 21.1 Å². The van der Waals surface area contributed by atoms with Crippen LogP contribution in [0.3, 0.4) is 0 Å². The van der Waals surface area contributed by atoms with Gasteiger partial charge in [-0.3, -0.25) is 14.9 Å². The number of nitrogens with zero attached hydrogens (tertiary/aromatic N) is 4. The van der Waals surface area contributed by atoms with Gasteiger partial charge in [0.1, 0.15) is 22.1 Å². The van der Waals surface area contributed by atoms with Crippen LogP contribution in [0.15, 0.2) is 48.5 Å². The average Bonchev–Trinajstić information content (AvgIpc) is 2.82. The van der Waals surface area contributed by atoms with Crippen molar-refractivity contribution in [2.75, 3.05) is 6.61 Å². The summed E-state index contributed by atoms with van der Waals surface area (Å²) in [5.41, 5.74) is -4.22. The van der Waals surface area contributed by atoms with Gasteiger partial charge >= 0.3 is 17.5 Å². The second-order valence-electron chi connectivity index (χ2n) is 7.12. The van der Waals surface area contributed by atoms with E-state index in [2.05, 4.69) is 9.97 Å². The van der Waals surface area contributed by atoms with Crippen LogP contribution in [-0.4, -0.2) is 27.3 Å². The maximum Gasteiger partial charge on any atom is 0.416 e. The first-order chi connectivity index (χ1) is 17.4. The number of carbonyl (C=O) groups excluding carboxylic acids is 1. The fraction of sp³-hybridized carbons (Fsp3) is 0.182. The molecule has 1 heterocycles. The molecule has 192 valence electrons.